The highest BCUT2D eigenvalue weighted by atomic mass is 15.1. The minimum absolute atomic E-state index is 0.931. The van der Waals surface area contributed by atoms with E-state index >= 15 is 0 Å². The van der Waals surface area contributed by atoms with Crippen LogP contribution < -0.4 is 10.6 Å². The predicted molar refractivity (Wildman–Crippen MR) is 70.9 cm³/mol. The molecule has 0 bridgehead atoms. The molecule has 0 aliphatic carbocycles. The van der Waals surface area contributed by atoms with Gasteiger partial charge in [-0.15, -0.1) is 0 Å². The number of anilines is 1. The number of benzene rings is 1. The van der Waals surface area contributed by atoms with Crippen LogP contribution in [0, 0.1) is 0 Å². The quantitative estimate of drug-likeness (QED) is 0.687. The molecule has 0 spiro atoms. The van der Waals surface area contributed by atoms with Gasteiger partial charge < -0.3 is 15.5 Å². The standard InChI is InChI=1S/C13H23N3/c1-14-11-12-5-7-13(8-6-12)15-9-4-10-16(2)3/h5-8,14-15H,4,9-11H2,1-3H3. The Labute approximate surface area is 98.8 Å². The molecule has 1 aromatic rings. The monoisotopic (exact) mass is 221 g/mol. The third-order valence-electron chi connectivity index (χ3n) is 2.45. The van der Waals surface area contributed by atoms with E-state index in [2.05, 4.69) is 53.9 Å². The van der Waals surface area contributed by atoms with Gasteiger partial charge in [0.05, 0.1) is 0 Å². The van der Waals surface area contributed by atoms with Gasteiger partial charge in [-0.25, -0.2) is 0 Å². The van der Waals surface area contributed by atoms with E-state index in [-0.39, 0.29) is 0 Å². The van der Waals surface area contributed by atoms with Crippen molar-refractivity contribution in [3.05, 3.63) is 29.8 Å². The van der Waals surface area contributed by atoms with Crippen molar-refractivity contribution in [1.29, 1.82) is 0 Å². The lowest BCUT2D eigenvalue weighted by molar-refractivity contribution is 0.405. The van der Waals surface area contributed by atoms with Crippen LogP contribution in [0.3, 0.4) is 0 Å². The lowest BCUT2D eigenvalue weighted by Gasteiger charge is -2.11. The largest absolute Gasteiger partial charge is 0.385 e. The molecule has 3 nitrogen and oxygen atoms in total. The van der Waals surface area contributed by atoms with Crippen LogP contribution in [0.15, 0.2) is 24.3 Å². The topological polar surface area (TPSA) is 27.3 Å². The van der Waals surface area contributed by atoms with Crippen LogP contribution in [0.4, 0.5) is 5.69 Å². The number of rotatable bonds is 7. The molecule has 3 heteroatoms. The van der Waals surface area contributed by atoms with Crippen molar-refractivity contribution < 1.29 is 0 Å². The molecule has 2 N–H and O–H groups in total. The molecule has 0 saturated carbocycles. The highest BCUT2D eigenvalue weighted by molar-refractivity contribution is 5.44. The van der Waals surface area contributed by atoms with Crippen molar-refractivity contribution in [2.45, 2.75) is 13.0 Å². The molecule has 0 unspecified atom stereocenters. The van der Waals surface area contributed by atoms with Crippen LogP contribution in [0.2, 0.25) is 0 Å². The molecule has 0 saturated heterocycles. The molecule has 0 radical (unpaired) electrons. The first-order valence-corrected chi connectivity index (χ1v) is 5.84. The number of hydrogen-bond donors (Lipinski definition) is 2. The normalized spacial score (nSPS) is 10.8. The second-order valence-electron chi connectivity index (χ2n) is 4.31. The highest BCUT2D eigenvalue weighted by Crippen LogP contribution is 2.09. The van der Waals surface area contributed by atoms with Crippen LogP contribution in [-0.4, -0.2) is 39.1 Å². The Morgan fingerprint density at radius 2 is 1.81 bits per heavy atom. The molecule has 16 heavy (non-hydrogen) atoms. The van der Waals surface area contributed by atoms with E-state index in [1.165, 1.54) is 17.7 Å². The van der Waals surface area contributed by atoms with Gasteiger partial charge in [-0.1, -0.05) is 12.1 Å². The molecule has 1 rings (SSSR count). The Hall–Kier alpha value is -1.06. The van der Waals surface area contributed by atoms with Crippen molar-refractivity contribution >= 4 is 5.69 Å². The number of nitrogens with one attached hydrogen (secondary N) is 2. The van der Waals surface area contributed by atoms with Crippen molar-refractivity contribution in [1.82, 2.24) is 10.2 Å². The van der Waals surface area contributed by atoms with Crippen molar-refractivity contribution in [2.75, 3.05) is 39.5 Å². The Kier molecular flexibility index (Phi) is 5.90. The predicted octanol–water partition coefficient (Wildman–Crippen LogP) is 1.77. The number of nitrogens with zero attached hydrogens (tertiary/aromatic N) is 1. The lowest BCUT2D eigenvalue weighted by Crippen LogP contribution is -2.16. The zero-order chi connectivity index (χ0) is 11.8. The fraction of sp³-hybridized carbons (Fsp3) is 0.538. The average molecular weight is 221 g/mol. The van der Waals surface area contributed by atoms with Crippen molar-refractivity contribution in [2.24, 2.45) is 0 Å². The summed E-state index contributed by atoms with van der Waals surface area (Å²) in [5.74, 6) is 0. The Bertz CT molecular complexity index is 280. The molecule has 0 aromatic heterocycles. The zero-order valence-electron chi connectivity index (χ0n) is 10.6. The van der Waals surface area contributed by atoms with Gasteiger partial charge in [-0.3, -0.25) is 0 Å². The first-order chi connectivity index (χ1) is 7.72. The smallest absolute Gasteiger partial charge is 0.0340 e. The van der Waals surface area contributed by atoms with Gasteiger partial charge in [0.2, 0.25) is 0 Å². The maximum absolute atomic E-state index is 3.42. The Balaban J connectivity index is 2.26. The second-order valence-corrected chi connectivity index (χ2v) is 4.31. The van der Waals surface area contributed by atoms with Gasteiger partial charge in [0.15, 0.2) is 0 Å². The summed E-state index contributed by atoms with van der Waals surface area (Å²) in [7, 11) is 6.17. The van der Waals surface area contributed by atoms with Crippen LogP contribution >= 0.6 is 0 Å². The third kappa shape index (κ3) is 5.14. The molecule has 90 valence electrons. The summed E-state index contributed by atoms with van der Waals surface area (Å²) in [6, 6.07) is 8.60. The summed E-state index contributed by atoms with van der Waals surface area (Å²) in [6.45, 7) is 3.09. The van der Waals surface area contributed by atoms with Gasteiger partial charge in [-0.2, -0.15) is 0 Å². The van der Waals surface area contributed by atoms with Crippen LogP contribution in [0.1, 0.15) is 12.0 Å². The average Bonchev–Trinajstić information content (AvgIpc) is 2.27. The van der Waals surface area contributed by atoms with E-state index < -0.39 is 0 Å². The van der Waals surface area contributed by atoms with Gasteiger partial charge in [-0.05, 0) is 51.8 Å². The Morgan fingerprint density at radius 3 is 2.38 bits per heavy atom. The SMILES string of the molecule is CNCc1ccc(NCCCN(C)C)cc1. The van der Waals surface area contributed by atoms with Crippen LogP contribution in [0.25, 0.3) is 0 Å². The fourth-order valence-corrected chi connectivity index (χ4v) is 1.57. The molecule has 0 fully saturated rings. The van der Waals surface area contributed by atoms with Crippen molar-refractivity contribution in [3.63, 3.8) is 0 Å². The molecular formula is C13H23N3. The zero-order valence-corrected chi connectivity index (χ0v) is 10.6. The number of hydrogen-bond acceptors (Lipinski definition) is 3. The van der Waals surface area contributed by atoms with E-state index in [9.17, 15) is 0 Å². The van der Waals surface area contributed by atoms with Crippen molar-refractivity contribution in [3.8, 4) is 0 Å². The summed E-state index contributed by atoms with van der Waals surface area (Å²) in [5.41, 5.74) is 2.53. The molecule has 0 amide bonds. The minimum Gasteiger partial charge on any atom is -0.385 e. The summed E-state index contributed by atoms with van der Waals surface area (Å²) in [4.78, 5) is 2.21. The van der Waals surface area contributed by atoms with E-state index in [1.54, 1.807) is 0 Å². The Morgan fingerprint density at radius 1 is 1.12 bits per heavy atom. The first-order valence-electron chi connectivity index (χ1n) is 5.84. The summed E-state index contributed by atoms with van der Waals surface area (Å²) < 4.78 is 0. The van der Waals surface area contributed by atoms with Gasteiger partial charge in [0.25, 0.3) is 0 Å². The molecule has 0 aliphatic heterocycles. The molecule has 1 aromatic carbocycles. The van der Waals surface area contributed by atoms with Crippen LogP contribution in [0.5, 0.6) is 0 Å². The lowest BCUT2D eigenvalue weighted by atomic mass is 10.2. The van der Waals surface area contributed by atoms with E-state index in [4.69, 9.17) is 0 Å². The second kappa shape index (κ2) is 7.25. The van der Waals surface area contributed by atoms with Gasteiger partial charge >= 0.3 is 0 Å². The van der Waals surface area contributed by atoms with E-state index in [0.29, 0.717) is 0 Å². The molecule has 0 heterocycles. The maximum atomic E-state index is 3.42. The van der Waals surface area contributed by atoms with E-state index in [0.717, 1.165) is 19.6 Å². The highest BCUT2D eigenvalue weighted by Gasteiger charge is 1.94. The van der Waals surface area contributed by atoms with Crippen LogP contribution in [-0.2, 0) is 6.54 Å². The fourth-order valence-electron chi connectivity index (χ4n) is 1.57. The summed E-state index contributed by atoms with van der Waals surface area (Å²) >= 11 is 0. The van der Waals surface area contributed by atoms with E-state index in [1.807, 2.05) is 7.05 Å². The summed E-state index contributed by atoms with van der Waals surface area (Å²) in [6.07, 6.45) is 1.17. The minimum atomic E-state index is 0.931. The molecular weight excluding hydrogens is 198 g/mol. The first kappa shape index (κ1) is 13.0. The van der Waals surface area contributed by atoms with Gasteiger partial charge in [0, 0.05) is 18.8 Å². The van der Waals surface area contributed by atoms with Gasteiger partial charge in [0.1, 0.15) is 0 Å². The summed E-state index contributed by atoms with van der Waals surface area (Å²) in [5, 5.41) is 6.56. The third-order valence-corrected chi connectivity index (χ3v) is 2.45. The molecule has 0 aliphatic rings. The molecule has 0 atom stereocenters. The maximum Gasteiger partial charge on any atom is 0.0340 e.